The lowest BCUT2D eigenvalue weighted by Gasteiger charge is -2.36. The molecule has 1 saturated heterocycles. The van der Waals surface area contributed by atoms with Gasteiger partial charge in [-0.3, -0.25) is 10.1 Å². The number of esters is 1. The van der Waals surface area contributed by atoms with Gasteiger partial charge in [0, 0.05) is 44.1 Å². The number of nitrogens with zero attached hydrogens (tertiary/aromatic N) is 2. The van der Waals surface area contributed by atoms with Gasteiger partial charge in [0.2, 0.25) is 0 Å². The molecule has 1 fully saturated rings. The molecule has 2 heterocycles. The maximum atomic E-state index is 12.7. The summed E-state index contributed by atoms with van der Waals surface area (Å²) >= 11 is 0. The van der Waals surface area contributed by atoms with E-state index < -0.39 is 11.8 Å². The first kappa shape index (κ1) is 20.2. The van der Waals surface area contributed by atoms with Crippen molar-refractivity contribution in [3.63, 3.8) is 0 Å². The number of hydrogen-bond donors (Lipinski definition) is 0. The van der Waals surface area contributed by atoms with Crippen molar-refractivity contribution in [2.24, 2.45) is 0 Å². The molecule has 0 spiro atoms. The van der Waals surface area contributed by atoms with Crippen molar-refractivity contribution in [2.45, 2.75) is 32.5 Å². The average molecular weight is 412 g/mol. The van der Waals surface area contributed by atoms with Crippen LogP contribution in [0.4, 0.5) is 11.4 Å². The number of fused-ring (bicyclic) bond motifs is 1. The molecule has 8 nitrogen and oxygen atoms in total. The zero-order valence-corrected chi connectivity index (χ0v) is 17.1. The smallest absolute Gasteiger partial charge is 0.341 e. The van der Waals surface area contributed by atoms with Crippen LogP contribution in [-0.2, 0) is 15.9 Å². The Morgan fingerprint density at radius 1 is 1.23 bits per heavy atom. The highest BCUT2D eigenvalue weighted by atomic mass is 16.7. The predicted molar refractivity (Wildman–Crippen MR) is 110 cm³/mol. The number of hydrogen-bond acceptors (Lipinski definition) is 7. The maximum absolute atomic E-state index is 12.7. The molecule has 4 rings (SSSR count). The summed E-state index contributed by atoms with van der Waals surface area (Å²) in [7, 11) is 0. The highest BCUT2D eigenvalue weighted by Gasteiger charge is 2.38. The predicted octanol–water partition coefficient (Wildman–Crippen LogP) is 3.64. The van der Waals surface area contributed by atoms with Crippen LogP contribution in [-0.4, -0.2) is 43.0 Å². The normalized spacial score (nSPS) is 20.8. The molecule has 1 atom stereocenters. The molecule has 0 aromatic heterocycles. The van der Waals surface area contributed by atoms with Gasteiger partial charge in [-0.25, -0.2) is 4.79 Å². The number of rotatable bonds is 4. The topological polar surface area (TPSA) is 91.1 Å². The third-order valence-corrected chi connectivity index (χ3v) is 5.55. The van der Waals surface area contributed by atoms with E-state index in [2.05, 4.69) is 0 Å². The fraction of sp³-hybridized carbons (Fsp3) is 0.409. The summed E-state index contributed by atoms with van der Waals surface area (Å²) in [6.07, 6.45) is 0.919. The van der Waals surface area contributed by atoms with E-state index in [1.54, 1.807) is 31.2 Å². The van der Waals surface area contributed by atoms with Crippen molar-refractivity contribution in [1.82, 2.24) is 0 Å². The first-order valence-corrected chi connectivity index (χ1v) is 9.98. The standard InChI is InChI=1S/C22H24N2O6/c1-15-5-3-4-6-17(15)21(25)30-22(2)8-7-16-13-19(24(26)27)18(14-20(16)29-22)23-9-11-28-12-10-23/h3-6,13-14H,7-12H2,1-2H3. The van der Waals surface area contributed by atoms with Crippen molar-refractivity contribution in [1.29, 1.82) is 0 Å². The number of aryl methyl sites for hydroxylation is 2. The summed E-state index contributed by atoms with van der Waals surface area (Å²) < 4.78 is 17.2. The fourth-order valence-electron chi connectivity index (χ4n) is 3.87. The van der Waals surface area contributed by atoms with Crippen LogP contribution in [0.25, 0.3) is 0 Å². The second-order valence-corrected chi connectivity index (χ2v) is 7.75. The maximum Gasteiger partial charge on any atom is 0.341 e. The summed E-state index contributed by atoms with van der Waals surface area (Å²) in [6.45, 7) is 5.74. The first-order valence-electron chi connectivity index (χ1n) is 9.98. The lowest BCUT2D eigenvalue weighted by atomic mass is 9.98. The van der Waals surface area contributed by atoms with E-state index in [0.717, 1.165) is 11.1 Å². The molecule has 0 N–H and O–H groups in total. The Balaban J connectivity index is 1.61. The quantitative estimate of drug-likeness (QED) is 0.430. The minimum absolute atomic E-state index is 0.0553. The average Bonchev–Trinajstić information content (AvgIpc) is 2.73. The highest BCUT2D eigenvalue weighted by molar-refractivity contribution is 5.91. The van der Waals surface area contributed by atoms with Gasteiger partial charge < -0.3 is 19.1 Å². The van der Waals surface area contributed by atoms with E-state index >= 15 is 0 Å². The monoisotopic (exact) mass is 412 g/mol. The van der Waals surface area contributed by atoms with Crippen LogP contribution >= 0.6 is 0 Å². The zero-order chi connectivity index (χ0) is 21.3. The Morgan fingerprint density at radius 2 is 1.97 bits per heavy atom. The van der Waals surface area contributed by atoms with Crippen LogP contribution in [0.2, 0.25) is 0 Å². The van der Waals surface area contributed by atoms with Crippen molar-refractivity contribution in [3.8, 4) is 5.75 Å². The summed E-state index contributed by atoms with van der Waals surface area (Å²) in [5.41, 5.74) is 2.61. The molecule has 8 heteroatoms. The number of ether oxygens (including phenoxy) is 3. The Kier molecular flexibility index (Phi) is 5.34. The fourth-order valence-corrected chi connectivity index (χ4v) is 3.87. The van der Waals surface area contributed by atoms with E-state index in [4.69, 9.17) is 14.2 Å². The molecule has 2 aliphatic heterocycles. The van der Waals surface area contributed by atoms with Gasteiger partial charge in [-0.2, -0.15) is 0 Å². The highest BCUT2D eigenvalue weighted by Crippen LogP contribution is 2.41. The van der Waals surface area contributed by atoms with E-state index in [-0.39, 0.29) is 10.6 Å². The number of nitro groups is 1. The van der Waals surface area contributed by atoms with Gasteiger partial charge in [0.15, 0.2) is 0 Å². The van der Waals surface area contributed by atoms with Crippen molar-refractivity contribution < 1.29 is 23.9 Å². The van der Waals surface area contributed by atoms with Gasteiger partial charge >= 0.3 is 5.97 Å². The van der Waals surface area contributed by atoms with Gasteiger partial charge in [0.1, 0.15) is 11.4 Å². The molecular formula is C22H24N2O6. The number of benzene rings is 2. The van der Waals surface area contributed by atoms with Crippen molar-refractivity contribution >= 4 is 17.3 Å². The van der Waals surface area contributed by atoms with Crippen LogP contribution in [0.1, 0.15) is 34.8 Å². The molecule has 2 aromatic rings. The van der Waals surface area contributed by atoms with E-state index in [0.29, 0.717) is 56.1 Å². The molecule has 158 valence electrons. The second kappa shape index (κ2) is 7.95. The Morgan fingerprint density at radius 3 is 2.67 bits per heavy atom. The van der Waals surface area contributed by atoms with E-state index in [1.807, 2.05) is 24.0 Å². The number of morpholine rings is 1. The molecule has 0 saturated carbocycles. The van der Waals surface area contributed by atoms with Crippen LogP contribution in [0.3, 0.4) is 0 Å². The lowest BCUT2D eigenvalue weighted by Crippen LogP contribution is -2.41. The summed E-state index contributed by atoms with van der Waals surface area (Å²) in [5.74, 6) is -1.09. The van der Waals surface area contributed by atoms with Gasteiger partial charge in [-0.15, -0.1) is 0 Å². The second-order valence-electron chi connectivity index (χ2n) is 7.75. The van der Waals surface area contributed by atoms with Crippen LogP contribution in [0.15, 0.2) is 36.4 Å². The zero-order valence-electron chi connectivity index (χ0n) is 17.1. The summed E-state index contributed by atoms with van der Waals surface area (Å²) in [4.78, 5) is 25.9. The number of nitro benzene ring substituents is 1. The summed E-state index contributed by atoms with van der Waals surface area (Å²) in [6, 6.07) is 10.5. The molecule has 0 aliphatic carbocycles. The molecule has 2 aliphatic rings. The minimum Gasteiger partial charge on any atom is -0.452 e. The molecule has 2 aromatic carbocycles. The minimum atomic E-state index is -1.15. The number of carbonyl (C=O) groups excluding carboxylic acids is 1. The molecule has 1 unspecified atom stereocenters. The van der Waals surface area contributed by atoms with E-state index in [1.165, 1.54) is 0 Å². The Labute approximate surface area is 174 Å². The van der Waals surface area contributed by atoms with Gasteiger partial charge in [0.25, 0.3) is 11.5 Å². The van der Waals surface area contributed by atoms with Crippen LogP contribution in [0, 0.1) is 17.0 Å². The van der Waals surface area contributed by atoms with E-state index in [9.17, 15) is 14.9 Å². The van der Waals surface area contributed by atoms with Crippen LogP contribution in [0.5, 0.6) is 5.75 Å². The number of carbonyl (C=O) groups is 1. The third-order valence-electron chi connectivity index (χ3n) is 5.55. The van der Waals surface area contributed by atoms with Crippen molar-refractivity contribution in [3.05, 3.63) is 63.2 Å². The van der Waals surface area contributed by atoms with Gasteiger partial charge in [-0.1, -0.05) is 18.2 Å². The van der Waals surface area contributed by atoms with Crippen LogP contribution < -0.4 is 9.64 Å². The third kappa shape index (κ3) is 3.95. The molecule has 0 bridgehead atoms. The molecule has 0 radical (unpaired) electrons. The molecule has 30 heavy (non-hydrogen) atoms. The first-order chi connectivity index (χ1) is 14.4. The largest absolute Gasteiger partial charge is 0.452 e. The lowest BCUT2D eigenvalue weighted by molar-refractivity contribution is -0.384. The van der Waals surface area contributed by atoms with Gasteiger partial charge in [0.05, 0.1) is 23.7 Å². The number of anilines is 1. The van der Waals surface area contributed by atoms with Crippen molar-refractivity contribution in [2.75, 3.05) is 31.2 Å². The van der Waals surface area contributed by atoms with Gasteiger partial charge in [-0.05, 0) is 25.0 Å². The molecular weight excluding hydrogens is 388 g/mol. The SMILES string of the molecule is Cc1ccccc1C(=O)OC1(C)CCc2cc([N+](=O)[O-])c(N3CCOCC3)cc2O1. The molecule has 0 amide bonds. The Bertz CT molecular complexity index is 986. The summed E-state index contributed by atoms with van der Waals surface area (Å²) in [5, 5.41) is 11.6. The Hall–Kier alpha value is -3.13.